The molecule has 0 spiro atoms. The summed E-state index contributed by atoms with van der Waals surface area (Å²) in [4.78, 5) is 3.48. The number of pyridine rings is 1. The predicted molar refractivity (Wildman–Crippen MR) is 96.1 cm³/mol. The van der Waals surface area contributed by atoms with E-state index in [-0.39, 0.29) is 0 Å². The van der Waals surface area contributed by atoms with Crippen LogP contribution >= 0.6 is 0 Å². The summed E-state index contributed by atoms with van der Waals surface area (Å²) < 4.78 is 8.22. The van der Waals surface area contributed by atoms with Gasteiger partial charge >= 0.3 is 0 Å². The van der Waals surface area contributed by atoms with Crippen molar-refractivity contribution in [3.8, 4) is 11.3 Å². The SMILES string of the molecule is [C-]#[N+]c1ccc2c(c1)oc1cc(-c3cccc(C)[n+]3C)c(C)cc12. The molecule has 116 valence electrons. The van der Waals surface area contributed by atoms with E-state index in [2.05, 4.69) is 60.6 Å². The molecule has 4 aromatic rings. The number of aromatic nitrogens is 1. The van der Waals surface area contributed by atoms with Gasteiger partial charge in [-0.05, 0) is 36.8 Å². The molecule has 0 saturated heterocycles. The molecule has 0 saturated carbocycles. The van der Waals surface area contributed by atoms with Crippen LogP contribution in [0.15, 0.2) is 52.9 Å². The van der Waals surface area contributed by atoms with Gasteiger partial charge < -0.3 is 4.42 Å². The number of aryl methyl sites for hydroxylation is 2. The van der Waals surface area contributed by atoms with Gasteiger partial charge in [-0.25, -0.2) is 4.85 Å². The van der Waals surface area contributed by atoms with Gasteiger partial charge in [0.2, 0.25) is 5.69 Å². The second-order valence-electron chi connectivity index (χ2n) is 6.17. The minimum atomic E-state index is 0.601. The topological polar surface area (TPSA) is 21.4 Å². The summed E-state index contributed by atoms with van der Waals surface area (Å²) in [5.41, 5.74) is 6.97. The van der Waals surface area contributed by atoms with Crippen LogP contribution in [0.2, 0.25) is 0 Å². The Morgan fingerprint density at radius 1 is 0.958 bits per heavy atom. The highest BCUT2D eigenvalue weighted by atomic mass is 16.3. The number of nitrogens with zero attached hydrogens (tertiary/aromatic N) is 2. The minimum absolute atomic E-state index is 0.601. The molecule has 2 heterocycles. The molecule has 0 amide bonds. The van der Waals surface area contributed by atoms with Crippen molar-refractivity contribution in [1.82, 2.24) is 0 Å². The van der Waals surface area contributed by atoms with E-state index in [0.29, 0.717) is 5.69 Å². The van der Waals surface area contributed by atoms with E-state index in [1.54, 1.807) is 0 Å². The molecule has 24 heavy (non-hydrogen) atoms. The molecule has 0 aliphatic heterocycles. The Labute approximate surface area is 140 Å². The van der Waals surface area contributed by atoms with Gasteiger partial charge in [0.25, 0.3) is 0 Å². The second kappa shape index (κ2) is 5.21. The van der Waals surface area contributed by atoms with Gasteiger partial charge in [-0.3, -0.25) is 0 Å². The Hall–Kier alpha value is -3.12. The normalized spacial score (nSPS) is 11.1. The van der Waals surface area contributed by atoms with E-state index in [1.165, 1.54) is 11.3 Å². The zero-order valence-corrected chi connectivity index (χ0v) is 13.9. The quantitative estimate of drug-likeness (QED) is 0.347. The number of hydrogen-bond donors (Lipinski definition) is 0. The Balaban J connectivity index is 2.02. The van der Waals surface area contributed by atoms with Crippen molar-refractivity contribution < 1.29 is 8.98 Å². The van der Waals surface area contributed by atoms with Gasteiger partial charge in [-0.2, -0.15) is 4.57 Å². The molecule has 0 unspecified atom stereocenters. The maximum atomic E-state index is 7.16. The summed E-state index contributed by atoms with van der Waals surface area (Å²) in [6.07, 6.45) is 0. The first-order valence-corrected chi connectivity index (χ1v) is 7.89. The first-order valence-electron chi connectivity index (χ1n) is 7.89. The van der Waals surface area contributed by atoms with E-state index >= 15 is 0 Å². The van der Waals surface area contributed by atoms with Crippen LogP contribution in [0.1, 0.15) is 11.3 Å². The summed E-state index contributed by atoms with van der Waals surface area (Å²) in [5.74, 6) is 0. The molecule has 0 aliphatic rings. The zero-order chi connectivity index (χ0) is 16.8. The fraction of sp³-hybridized carbons (Fsp3) is 0.143. The van der Waals surface area contributed by atoms with Crippen molar-refractivity contribution in [2.75, 3.05) is 0 Å². The highest BCUT2D eigenvalue weighted by Crippen LogP contribution is 2.35. The van der Waals surface area contributed by atoms with Gasteiger partial charge in [-0.1, -0.05) is 12.1 Å². The average molecular weight is 313 g/mol. The molecular formula is C21H17N2O+. The Morgan fingerprint density at radius 2 is 1.75 bits per heavy atom. The van der Waals surface area contributed by atoms with Crippen LogP contribution in [0.25, 0.3) is 38.0 Å². The summed E-state index contributed by atoms with van der Waals surface area (Å²) in [6.45, 7) is 11.4. The predicted octanol–water partition coefficient (Wildman–Crippen LogP) is 5.25. The third kappa shape index (κ3) is 2.08. The molecule has 2 aromatic heterocycles. The van der Waals surface area contributed by atoms with Crippen LogP contribution in [0.4, 0.5) is 5.69 Å². The number of furan rings is 1. The van der Waals surface area contributed by atoms with Crippen LogP contribution in [-0.2, 0) is 7.05 Å². The van der Waals surface area contributed by atoms with Crippen molar-refractivity contribution in [2.24, 2.45) is 7.05 Å². The van der Waals surface area contributed by atoms with E-state index in [0.717, 1.165) is 33.2 Å². The Morgan fingerprint density at radius 3 is 2.54 bits per heavy atom. The fourth-order valence-corrected chi connectivity index (χ4v) is 3.23. The maximum absolute atomic E-state index is 7.16. The first kappa shape index (κ1) is 14.5. The lowest BCUT2D eigenvalue weighted by Gasteiger charge is -2.06. The number of hydrogen-bond acceptors (Lipinski definition) is 1. The van der Waals surface area contributed by atoms with E-state index in [9.17, 15) is 0 Å². The van der Waals surface area contributed by atoms with Crippen LogP contribution in [0.3, 0.4) is 0 Å². The van der Waals surface area contributed by atoms with E-state index in [4.69, 9.17) is 11.0 Å². The van der Waals surface area contributed by atoms with Crippen molar-refractivity contribution in [3.05, 3.63) is 71.2 Å². The van der Waals surface area contributed by atoms with Crippen LogP contribution in [-0.4, -0.2) is 0 Å². The monoisotopic (exact) mass is 313 g/mol. The van der Waals surface area contributed by atoms with E-state index < -0.39 is 0 Å². The highest BCUT2D eigenvalue weighted by Gasteiger charge is 2.17. The molecule has 0 aliphatic carbocycles. The maximum Gasteiger partial charge on any atom is 0.212 e. The number of benzene rings is 2. The molecule has 0 bridgehead atoms. The lowest BCUT2D eigenvalue weighted by molar-refractivity contribution is -0.666. The Kier molecular flexibility index (Phi) is 3.14. The number of fused-ring (bicyclic) bond motifs is 3. The molecule has 4 rings (SSSR count). The molecule has 0 atom stereocenters. The average Bonchev–Trinajstić information content (AvgIpc) is 2.93. The third-order valence-corrected chi connectivity index (χ3v) is 4.69. The Bertz CT molecular complexity index is 1150. The van der Waals surface area contributed by atoms with Gasteiger partial charge in [0.1, 0.15) is 18.2 Å². The molecule has 3 heteroatoms. The van der Waals surface area contributed by atoms with Gasteiger partial charge in [-0.15, -0.1) is 0 Å². The van der Waals surface area contributed by atoms with Gasteiger partial charge in [0, 0.05) is 29.8 Å². The summed E-state index contributed by atoms with van der Waals surface area (Å²) in [5, 5.41) is 2.15. The lowest BCUT2D eigenvalue weighted by Crippen LogP contribution is -2.34. The van der Waals surface area contributed by atoms with Crippen molar-refractivity contribution >= 4 is 27.6 Å². The fourth-order valence-electron chi connectivity index (χ4n) is 3.23. The zero-order valence-electron chi connectivity index (χ0n) is 13.9. The summed E-state index contributed by atoms with van der Waals surface area (Å²) in [7, 11) is 2.08. The second-order valence-corrected chi connectivity index (χ2v) is 6.17. The first-order chi connectivity index (χ1) is 11.6. The minimum Gasteiger partial charge on any atom is -0.457 e. The van der Waals surface area contributed by atoms with Gasteiger partial charge in [0.05, 0.1) is 12.1 Å². The summed E-state index contributed by atoms with van der Waals surface area (Å²) in [6, 6.07) is 16.2. The van der Waals surface area contributed by atoms with Crippen LogP contribution in [0.5, 0.6) is 0 Å². The van der Waals surface area contributed by atoms with Gasteiger partial charge in [0.15, 0.2) is 11.4 Å². The third-order valence-electron chi connectivity index (χ3n) is 4.69. The number of rotatable bonds is 1. The molecule has 0 N–H and O–H groups in total. The summed E-state index contributed by atoms with van der Waals surface area (Å²) >= 11 is 0. The molecule has 0 radical (unpaired) electrons. The highest BCUT2D eigenvalue weighted by molar-refractivity contribution is 6.07. The van der Waals surface area contributed by atoms with E-state index in [1.807, 2.05) is 18.2 Å². The van der Waals surface area contributed by atoms with Crippen LogP contribution in [0, 0.1) is 20.4 Å². The van der Waals surface area contributed by atoms with Crippen LogP contribution < -0.4 is 4.57 Å². The van der Waals surface area contributed by atoms with Crippen molar-refractivity contribution in [1.29, 1.82) is 0 Å². The molecule has 0 fully saturated rings. The van der Waals surface area contributed by atoms with Crippen molar-refractivity contribution in [2.45, 2.75) is 13.8 Å². The largest absolute Gasteiger partial charge is 0.457 e. The standard InChI is InChI=1S/C21H17N2O/c1-13-10-18-16-9-8-15(22-3)11-20(16)24-21(18)12-17(13)19-7-5-6-14(2)23(19)4/h5-12H,1-2,4H3/q+1. The lowest BCUT2D eigenvalue weighted by atomic mass is 10.0. The van der Waals surface area contributed by atoms with Crippen molar-refractivity contribution in [3.63, 3.8) is 0 Å². The molecular weight excluding hydrogens is 296 g/mol. The smallest absolute Gasteiger partial charge is 0.212 e. The molecule has 3 nitrogen and oxygen atoms in total. The molecule has 2 aromatic carbocycles.